The Hall–Kier alpha value is -3.35. The average molecular weight is 341 g/mol. The lowest BCUT2D eigenvalue weighted by Gasteiger charge is -2.13. The van der Waals surface area contributed by atoms with Gasteiger partial charge in [-0.05, 0) is 18.2 Å². The van der Waals surface area contributed by atoms with Gasteiger partial charge in [0, 0.05) is 36.2 Å². The number of rotatable bonds is 3. The molecule has 0 unspecified atom stereocenters. The molecule has 0 fully saturated rings. The summed E-state index contributed by atoms with van der Waals surface area (Å²) in [4.78, 5) is 28.0. The third kappa shape index (κ3) is 3.45. The maximum atomic E-state index is 13.6. The first-order valence-electron chi connectivity index (χ1n) is 7.37. The minimum atomic E-state index is -1.14. The van der Waals surface area contributed by atoms with Gasteiger partial charge in [0.05, 0.1) is 16.9 Å². The molecule has 0 aliphatic rings. The molecule has 0 saturated carbocycles. The van der Waals surface area contributed by atoms with Crippen LogP contribution in [0.3, 0.4) is 0 Å². The molecule has 0 aliphatic carbocycles. The van der Waals surface area contributed by atoms with E-state index in [-0.39, 0.29) is 11.4 Å². The topological polar surface area (TPSA) is 71.1 Å². The molecule has 3 aromatic rings. The first-order valence-corrected chi connectivity index (χ1v) is 7.37. The van der Waals surface area contributed by atoms with Crippen molar-refractivity contribution in [3.63, 3.8) is 0 Å². The van der Waals surface area contributed by atoms with Gasteiger partial charge >= 0.3 is 0 Å². The highest BCUT2D eigenvalue weighted by atomic mass is 19.2. The van der Waals surface area contributed by atoms with Crippen LogP contribution in [0.25, 0.3) is 10.9 Å². The van der Waals surface area contributed by atoms with Crippen molar-refractivity contribution >= 4 is 34.1 Å². The number of halogens is 2. The quantitative estimate of drug-likeness (QED) is 0.763. The van der Waals surface area contributed by atoms with Gasteiger partial charge in [0.25, 0.3) is 5.91 Å². The Kier molecular flexibility index (Phi) is 4.38. The summed E-state index contributed by atoms with van der Waals surface area (Å²) < 4.78 is 27.0. The molecular formula is C18H13F2N3O2. The smallest absolute Gasteiger partial charge is 0.256 e. The minimum absolute atomic E-state index is 0.0295. The van der Waals surface area contributed by atoms with Gasteiger partial charge in [0.2, 0.25) is 5.91 Å². The van der Waals surface area contributed by atoms with Crippen LogP contribution in [0.15, 0.2) is 48.7 Å². The summed E-state index contributed by atoms with van der Waals surface area (Å²) in [5.74, 6) is -3.27. The molecule has 25 heavy (non-hydrogen) atoms. The molecule has 0 aliphatic heterocycles. The molecule has 0 saturated heterocycles. The number of nitrogens with one attached hydrogen (secondary N) is 2. The van der Waals surface area contributed by atoms with E-state index in [2.05, 4.69) is 15.6 Å². The lowest BCUT2D eigenvalue weighted by molar-refractivity contribution is -0.114. The van der Waals surface area contributed by atoms with E-state index >= 15 is 0 Å². The number of carbonyl (C=O) groups is 2. The molecule has 1 aromatic heterocycles. The van der Waals surface area contributed by atoms with Crippen molar-refractivity contribution < 1.29 is 18.4 Å². The highest BCUT2D eigenvalue weighted by molar-refractivity contribution is 6.13. The molecule has 5 nitrogen and oxygen atoms in total. The number of fused-ring (bicyclic) bond motifs is 1. The van der Waals surface area contributed by atoms with Gasteiger partial charge in [0.1, 0.15) is 0 Å². The number of carbonyl (C=O) groups excluding carboxylic acids is 2. The van der Waals surface area contributed by atoms with Crippen LogP contribution in [0.5, 0.6) is 0 Å². The first-order chi connectivity index (χ1) is 12.0. The van der Waals surface area contributed by atoms with Crippen LogP contribution in [0.4, 0.5) is 20.2 Å². The van der Waals surface area contributed by atoms with E-state index in [4.69, 9.17) is 0 Å². The van der Waals surface area contributed by atoms with Crippen molar-refractivity contribution in [1.82, 2.24) is 4.98 Å². The fraction of sp³-hybridized carbons (Fsp3) is 0.0556. The Morgan fingerprint density at radius 2 is 1.64 bits per heavy atom. The summed E-state index contributed by atoms with van der Waals surface area (Å²) >= 11 is 0. The molecule has 7 heteroatoms. The van der Waals surface area contributed by atoms with E-state index in [1.54, 1.807) is 36.5 Å². The number of aromatic nitrogens is 1. The van der Waals surface area contributed by atoms with Crippen molar-refractivity contribution in [2.45, 2.75) is 6.92 Å². The predicted octanol–water partition coefficient (Wildman–Crippen LogP) is 3.72. The summed E-state index contributed by atoms with van der Waals surface area (Å²) in [7, 11) is 0. The van der Waals surface area contributed by atoms with Gasteiger partial charge in [-0.15, -0.1) is 0 Å². The van der Waals surface area contributed by atoms with E-state index in [1.165, 1.54) is 6.92 Å². The number of hydrogen-bond acceptors (Lipinski definition) is 3. The molecule has 0 atom stereocenters. The van der Waals surface area contributed by atoms with Crippen molar-refractivity contribution in [2.24, 2.45) is 0 Å². The molecule has 0 radical (unpaired) electrons. The zero-order chi connectivity index (χ0) is 18.0. The average Bonchev–Trinajstić information content (AvgIpc) is 2.58. The summed E-state index contributed by atoms with van der Waals surface area (Å²) in [5.41, 5.74) is 0.879. The summed E-state index contributed by atoms with van der Waals surface area (Å²) in [6, 6.07) is 10.1. The SMILES string of the molecule is CC(=O)Nc1cc(F)c(F)cc1NC(=O)c1cccc2ncccc12. The fourth-order valence-electron chi connectivity index (χ4n) is 2.43. The molecule has 2 amide bonds. The van der Waals surface area contributed by atoms with Crippen LogP contribution in [-0.2, 0) is 4.79 Å². The summed E-state index contributed by atoms with van der Waals surface area (Å²) in [5, 5.41) is 5.48. The molecule has 1 heterocycles. The third-order valence-corrected chi connectivity index (χ3v) is 3.51. The molecule has 2 aromatic carbocycles. The Morgan fingerprint density at radius 3 is 2.32 bits per heavy atom. The van der Waals surface area contributed by atoms with Crippen molar-refractivity contribution in [2.75, 3.05) is 10.6 Å². The van der Waals surface area contributed by atoms with Gasteiger partial charge in [-0.25, -0.2) is 8.78 Å². The maximum Gasteiger partial charge on any atom is 0.256 e. The van der Waals surface area contributed by atoms with E-state index < -0.39 is 23.4 Å². The Balaban J connectivity index is 2.00. The molecule has 3 rings (SSSR count). The Labute approximate surface area is 141 Å². The Bertz CT molecular complexity index is 984. The number of amides is 2. The Morgan fingerprint density at radius 1 is 0.960 bits per heavy atom. The van der Waals surface area contributed by atoms with Crippen LogP contribution in [0.2, 0.25) is 0 Å². The van der Waals surface area contributed by atoms with Crippen LogP contribution in [0, 0.1) is 11.6 Å². The van der Waals surface area contributed by atoms with E-state index in [0.29, 0.717) is 16.5 Å². The van der Waals surface area contributed by atoms with E-state index in [0.717, 1.165) is 12.1 Å². The first kappa shape index (κ1) is 16.5. The molecule has 126 valence electrons. The highest BCUT2D eigenvalue weighted by Gasteiger charge is 2.16. The van der Waals surface area contributed by atoms with Gasteiger partial charge < -0.3 is 10.6 Å². The molecule has 0 bridgehead atoms. The molecular weight excluding hydrogens is 328 g/mol. The molecule has 2 N–H and O–H groups in total. The normalized spacial score (nSPS) is 10.5. The summed E-state index contributed by atoms with van der Waals surface area (Å²) in [6.07, 6.45) is 1.61. The second-order valence-corrected chi connectivity index (χ2v) is 5.32. The van der Waals surface area contributed by atoms with Crippen LogP contribution >= 0.6 is 0 Å². The maximum absolute atomic E-state index is 13.6. The zero-order valence-electron chi connectivity index (χ0n) is 13.1. The third-order valence-electron chi connectivity index (χ3n) is 3.51. The fourth-order valence-corrected chi connectivity index (χ4v) is 2.43. The molecule has 0 spiro atoms. The minimum Gasteiger partial charge on any atom is -0.324 e. The second-order valence-electron chi connectivity index (χ2n) is 5.32. The zero-order valence-corrected chi connectivity index (χ0v) is 13.1. The van der Waals surface area contributed by atoms with Crippen molar-refractivity contribution in [3.8, 4) is 0 Å². The van der Waals surface area contributed by atoms with Crippen molar-refractivity contribution in [1.29, 1.82) is 0 Å². The predicted molar refractivity (Wildman–Crippen MR) is 90.4 cm³/mol. The van der Waals surface area contributed by atoms with Crippen LogP contribution in [-0.4, -0.2) is 16.8 Å². The largest absolute Gasteiger partial charge is 0.324 e. The van der Waals surface area contributed by atoms with Gasteiger partial charge in [0.15, 0.2) is 11.6 Å². The lowest BCUT2D eigenvalue weighted by Crippen LogP contribution is -2.16. The van der Waals surface area contributed by atoms with Crippen LogP contribution < -0.4 is 10.6 Å². The number of pyridine rings is 1. The lowest BCUT2D eigenvalue weighted by atomic mass is 10.1. The van der Waals surface area contributed by atoms with Gasteiger partial charge in [-0.2, -0.15) is 0 Å². The number of nitrogens with zero attached hydrogens (tertiary/aromatic N) is 1. The number of anilines is 2. The monoisotopic (exact) mass is 341 g/mol. The highest BCUT2D eigenvalue weighted by Crippen LogP contribution is 2.26. The summed E-state index contributed by atoms with van der Waals surface area (Å²) in [6.45, 7) is 1.23. The van der Waals surface area contributed by atoms with Crippen molar-refractivity contribution in [3.05, 3.63) is 65.9 Å². The second kappa shape index (κ2) is 6.64. The van der Waals surface area contributed by atoms with Crippen LogP contribution in [0.1, 0.15) is 17.3 Å². The van der Waals surface area contributed by atoms with E-state index in [1.807, 2.05) is 0 Å². The standard InChI is InChI=1S/C18H13F2N3O2/c1-10(24)22-16-8-13(19)14(20)9-17(16)23-18(25)12-4-2-6-15-11(12)5-3-7-21-15/h2-9H,1H3,(H,22,24)(H,23,25). The van der Waals surface area contributed by atoms with Gasteiger partial charge in [-0.3, -0.25) is 14.6 Å². The number of hydrogen-bond donors (Lipinski definition) is 2. The van der Waals surface area contributed by atoms with E-state index in [9.17, 15) is 18.4 Å². The van der Waals surface area contributed by atoms with Gasteiger partial charge in [-0.1, -0.05) is 12.1 Å². The number of benzene rings is 2.